The molecule has 3 amide bonds. The van der Waals surface area contributed by atoms with Crippen molar-refractivity contribution in [1.82, 2.24) is 4.90 Å². The molecule has 0 saturated carbocycles. The van der Waals surface area contributed by atoms with Gasteiger partial charge in [0.25, 0.3) is 11.1 Å². The molecular formula is C26H23N3O5S2. The van der Waals surface area contributed by atoms with Crippen molar-refractivity contribution in [1.29, 1.82) is 0 Å². The van der Waals surface area contributed by atoms with Gasteiger partial charge in [0.1, 0.15) is 12.3 Å². The first-order valence-electron chi connectivity index (χ1n) is 11.4. The Balaban J connectivity index is 1.18. The van der Waals surface area contributed by atoms with Crippen LogP contribution < -0.4 is 10.2 Å². The van der Waals surface area contributed by atoms with Crippen molar-refractivity contribution in [3.63, 3.8) is 0 Å². The van der Waals surface area contributed by atoms with Crippen molar-refractivity contribution in [2.45, 2.75) is 9.99 Å². The van der Waals surface area contributed by atoms with Gasteiger partial charge < -0.3 is 19.4 Å². The van der Waals surface area contributed by atoms with E-state index in [1.54, 1.807) is 18.2 Å². The lowest BCUT2D eigenvalue weighted by molar-refractivity contribution is -0.127. The van der Waals surface area contributed by atoms with Gasteiger partial charge in [-0.3, -0.25) is 19.3 Å². The minimum absolute atomic E-state index is 0.216. The van der Waals surface area contributed by atoms with E-state index in [4.69, 9.17) is 9.15 Å². The Morgan fingerprint density at radius 1 is 1.00 bits per heavy atom. The number of benzene rings is 2. The van der Waals surface area contributed by atoms with E-state index in [0.29, 0.717) is 29.8 Å². The molecule has 0 bridgehead atoms. The van der Waals surface area contributed by atoms with Gasteiger partial charge in [0, 0.05) is 35.4 Å². The van der Waals surface area contributed by atoms with Gasteiger partial charge in [0.05, 0.1) is 18.1 Å². The molecule has 1 N–H and O–H groups in total. The SMILES string of the molecule is O=C(CN1C(=O)S/C(=C\c2ccc(Sc3ccccc3)o2)C1=O)Nc1ccc(N2CCOCC2)cc1. The van der Waals surface area contributed by atoms with Crippen LogP contribution in [0.2, 0.25) is 0 Å². The average molecular weight is 522 g/mol. The highest BCUT2D eigenvalue weighted by molar-refractivity contribution is 8.18. The van der Waals surface area contributed by atoms with Gasteiger partial charge >= 0.3 is 0 Å². The number of amides is 3. The van der Waals surface area contributed by atoms with Crippen LogP contribution in [0.15, 0.2) is 86.0 Å². The highest BCUT2D eigenvalue weighted by Crippen LogP contribution is 2.34. The summed E-state index contributed by atoms with van der Waals surface area (Å²) < 4.78 is 11.2. The van der Waals surface area contributed by atoms with Crippen molar-refractivity contribution in [2.75, 3.05) is 43.1 Å². The molecule has 0 aliphatic carbocycles. The number of morpholine rings is 1. The van der Waals surface area contributed by atoms with Crippen molar-refractivity contribution in [3.05, 3.63) is 77.4 Å². The molecule has 0 atom stereocenters. The van der Waals surface area contributed by atoms with E-state index in [1.165, 1.54) is 17.8 Å². The van der Waals surface area contributed by atoms with Gasteiger partial charge in [-0.05, 0) is 60.3 Å². The van der Waals surface area contributed by atoms with Crippen molar-refractivity contribution >= 4 is 58.0 Å². The van der Waals surface area contributed by atoms with Crippen LogP contribution in [0.4, 0.5) is 16.2 Å². The summed E-state index contributed by atoms with van der Waals surface area (Å²) in [5, 5.41) is 2.93. The number of hydrogen-bond acceptors (Lipinski definition) is 8. The highest BCUT2D eigenvalue weighted by atomic mass is 32.2. The molecule has 2 aromatic carbocycles. The summed E-state index contributed by atoms with van der Waals surface area (Å²) in [5.41, 5.74) is 1.65. The van der Waals surface area contributed by atoms with E-state index in [9.17, 15) is 14.4 Å². The minimum Gasteiger partial charge on any atom is -0.450 e. The number of carbonyl (C=O) groups excluding carboxylic acids is 3. The monoisotopic (exact) mass is 521 g/mol. The third kappa shape index (κ3) is 5.84. The lowest BCUT2D eigenvalue weighted by atomic mass is 10.2. The maximum absolute atomic E-state index is 12.8. The predicted octanol–water partition coefficient (Wildman–Crippen LogP) is 4.94. The Morgan fingerprint density at radius 3 is 2.50 bits per heavy atom. The largest absolute Gasteiger partial charge is 0.450 e. The van der Waals surface area contributed by atoms with Crippen LogP contribution in [0.5, 0.6) is 0 Å². The lowest BCUT2D eigenvalue weighted by Crippen LogP contribution is -2.36. The molecule has 0 radical (unpaired) electrons. The van der Waals surface area contributed by atoms with E-state index < -0.39 is 17.1 Å². The van der Waals surface area contributed by atoms with Crippen molar-refractivity contribution < 1.29 is 23.5 Å². The van der Waals surface area contributed by atoms with Gasteiger partial charge in [-0.15, -0.1) is 0 Å². The molecule has 2 aliphatic rings. The molecule has 10 heteroatoms. The number of carbonyl (C=O) groups is 3. The lowest BCUT2D eigenvalue weighted by Gasteiger charge is -2.28. The van der Waals surface area contributed by atoms with Crippen molar-refractivity contribution in [3.8, 4) is 0 Å². The summed E-state index contributed by atoms with van der Waals surface area (Å²) in [6.45, 7) is 2.67. The molecule has 1 aromatic heterocycles. The van der Waals surface area contributed by atoms with Crippen LogP contribution in [0.25, 0.3) is 6.08 Å². The summed E-state index contributed by atoms with van der Waals surface area (Å²) in [6.07, 6.45) is 1.53. The quantitative estimate of drug-likeness (QED) is 0.437. The third-order valence-electron chi connectivity index (χ3n) is 5.54. The van der Waals surface area contributed by atoms with Gasteiger partial charge in [-0.2, -0.15) is 0 Å². The second-order valence-electron chi connectivity index (χ2n) is 8.03. The number of nitrogens with one attached hydrogen (secondary N) is 1. The number of thioether (sulfide) groups is 1. The molecule has 184 valence electrons. The number of anilines is 2. The van der Waals surface area contributed by atoms with E-state index in [0.717, 1.165) is 40.3 Å². The van der Waals surface area contributed by atoms with Gasteiger partial charge in [0.15, 0.2) is 5.09 Å². The molecular weight excluding hydrogens is 498 g/mol. The molecule has 3 aromatic rings. The van der Waals surface area contributed by atoms with Crippen LogP contribution >= 0.6 is 23.5 Å². The minimum atomic E-state index is -0.517. The summed E-state index contributed by atoms with van der Waals surface area (Å²) >= 11 is 2.25. The second kappa shape index (κ2) is 11.1. The number of hydrogen-bond donors (Lipinski definition) is 1. The summed E-state index contributed by atoms with van der Waals surface area (Å²) in [6, 6.07) is 20.8. The Bertz CT molecular complexity index is 1280. The van der Waals surface area contributed by atoms with Crippen LogP contribution in [0.3, 0.4) is 0 Å². The highest BCUT2D eigenvalue weighted by Gasteiger charge is 2.36. The summed E-state index contributed by atoms with van der Waals surface area (Å²) in [4.78, 5) is 42.2. The van der Waals surface area contributed by atoms with Gasteiger partial charge in [-0.25, -0.2) is 0 Å². The van der Waals surface area contributed by atoms with Crippen LogP contribution in [-0.4, -0.2) is 54.8 Å². The molecule has 8 nitrogen and oxygen atoms in total. The number of imide groups is 1. The first kappa shape index (κ1) is 24.2. The number of rotatable bonds is 7. The number of nitrogens with zero attached hydrogens (tertiary/aromatic N) is 2. The first-order chi connectivity index (χ1) is 17.5. The van der Waals surface area contributed by atoms with E-state index in [-0.39, 0.29) is 11.4 Å². The Kier molecular flexibility index (Phi) is 7.45. The standard InChI is InChI=1S/C26H23N3O5S2/c30-23(27-18-6-8-19(9-7-18)28-12-14-33-15-13-28)17-29-25(31)22(36-26(29)32)16-20-10-11-24(34-20)35-21-4-2-1-3-5-21/h1-11,16H,12-15,17H2,(H,27,30)/b22-16-. The van der Waals surface area contributed by atoms with Crippen LogP contribution in [0, 0.1) is 0 Å². The topological polar surface area (TPSA) is 92.1 Å². The van der Waals surface area contributed by atoms with Gasteiger partial charge in [0.2, 0.25) is 5.91 Å². The van der Waals surface area contributed by atoms with Crippen LogP contribution in [-0.2, 0) is 14.3 Å². The van der Waals surface area contributed by atoms with E-state index >= 15 is 0 Å². The fourth-order valence-electron chi connectivity index (χ4n) is 3.76. The fraction of sp³-hybridized carbons (Fsp3) is 0.192. The number of ether oxygens (including phenoxy) is 1. The zero-order valence-corrected chi connectivity index (χ0v) is 20.8. The van der Waals surface area contributed by atoms with Gasteiger partial charge in [-0.1, -0.05) is 30.0 Å². The van der Waals surface area contributed by atoms with Crippen LogP contribution in [0.1, 0.15) is 5.76 Å². The zero-order chi connectivity index (χ0) is 24.9. The summed E-state index contributed by atoms with van der Waals surface area (Å²) in [5.74, 6) is -0.502. The molecule has 2 saturated heterocycles. The molecule has 0 spiro atoms. The zero-order valence-electron chi connectivity index (χ0n) is 19.2. The molecule has 3 heterocycles. The third-order valence-corrected chi connectivity index (χ3v) is 7.38. The molecule has 2 fully saturated rings. The Hall–Kier alpha value is -3.47. The predicted molar refractivity (Wildman–Crippen MR) is 140 cm³/mol. The molecule has 2 aliphatic heterocycles. The first-order valence-corrected chi connectivity index (χ1v) is 13.0. The normalized spacial score (nSPS) is 17.2. The molecule has 5 rings (SSSR count). The average Bonchev–Trinajstić information content (AvgIpc) is 3.44. The number of furan rings is 1. The van der Waals surface area contributed by atoms with Crippen molar-refractivity contribution in [2.24, 2.45) is 0 Å². The maximum Gasteiger partial charge on any atom is 0.294 e. The smallest absolute Gasteiger partial charge is 0.294 e. The fourth-order valence-corrected chi connectivity index (χ4v) is 5.38. The van der Waals surface area contributed by atoms with E-state index in [2.05, 4.69) is 10.2 Å². The second-order valence-corrected chi connectivity index (χ2v) is 10.1. The Morgan fingerprint density at radius 2 is 1.75 bits per heavy atom. The maximum atomic E-state index is 12.8. The Labute approximate surface area is 216 Å². The molecule has 0 unspecified atom stereocenters. The molecule has 36 heavy (non-hydrogen) atoms. The summed E-state index contributed by atoms with van der Waals surface area (Å²) in [7, 11) is 0. The van der Waals surface area contributed by atoms with E-state index in [1.807, 2.05) is 48.5 Å².